The summed E-state index contributed by atoms with van der Waals surface area (Å²) in [5.74, 6) is -0.757. The van der Waals surface area contributed by atoms with Crippen molar-refractivity contribution in [2.75, 3.05) is 0 Å². The molecule has 0 aromatic rings. The molecule has 0 aromatic carbocycles. The van der Waals surface area contributed by atoms with Crippen molar-refractivity contribution in [2.45, 2.75) is 52.5 Å². The zero-order valence-electron chi connectivity index (χ0n) is 10.7. The van der Waals surface area contributed by atoms with Crippen molar-refractivity contribution < 1.29 is 14.7 Å². The lowest BCUT2D eigenvalue weighted by atomic mass is 9.99. The maximum Gasteiger partial charge on any atom is 0.331 e. The van der Waals surface area contributed by atoms with E-state index in [0.29, 0.717) is 11.5 Å². The smallest absolute Gasteiger partial charge is 0.331 e. The molecular formula is C13H21NO3. The van der Waals surface area contributed by atoms with E-state index >= 15 is 0 Å². The van der Waals surface area contributed by atoms with Crippen LogP contribution in [0.4, 0.5) is 0 Å². The van der Waals surface area contributed by atoms with E-state index in [1.807, 2.05) is 6.92 Å². The third-order valence-corrected chi connectivity index (χ3v) is 3.69. The third-order valence-electron chi connectivity index (χ3n) is 3.69. The molecule has 1 fully saturated rings. The second kappa shape index (κ2) is 5.84. The molecule has 2 N–H and O–H groups in total. The van der Waals surface area contributed by atoms with Crippen LogP contribution in [-0.2, 0) is 9.59 Å². The molecule has 1 amide bonds. The number of carboxylic acids is 1. The molecule has 0 saturated heterocycles. The number of carboxylic acid groups (broad SMARTS) is 1. The van der Waals surface area contributed by atoms with Gasteiger partial charge in [0.15, 0.2) is 0 Å². The minimum atomic E-state index is -1.04. The van der Waals surface area contributed by atoms with Gasteiger partial charge in [-0.15, -0.1) is 0 Å². The molecule has 0 bridgehead atoms. The molecule has 0 aromatic heterocycles. The molecule has 0 spiro atoms. The molecule has 4 heteroatoms. The monoisotopic (exact) mass is 239 g/mol. The highest BCUT2D eigenvalue weighted by atomic mass is 16.4. The fraction of sp³-hybridized carbons (Fsp3) is 0.692. The van der Waals surface area contributed by atoms with Crippen molar-refractivity contribution in [1.82, 2.24) is 5.32 Å². The van der Waals surface area contributed by atoms with Crippen LogP contribution >= 0.6 is 0 Å². The predicted octanol–water partition coefficient (Wildman–Crippen LogP) is 2.10. The van der Waals surface area contributed by atoms with Gasteiger partial charge in [0.1, 0.15) is 0 Å². The Morgan fingerprint density at radius 1 is 1.18 bits per heavy atom. The van der Waals surface area contributed by atoms with Crippen LogP contribution in [0.25, 0.3) is 0 Å². The molecule has 1 aliphatic rings. The lowest BCUT2D eigenvalue weighted by Crippen LogP contribution is -2.38. The van der Waals surface area contributed by atoms with Crippen LogP contribution in [0, 0.1) is 5.92 Å². The van der Waals surface area contributed by atoms with Gasteiger partial charge in [-0.05, 0) is 39.5 Å². The quantitative estimate of drug-likeness (QED) is 0.738. The van der Waals surface area contributed by atoms with Crippen molar-refractivity contribution in [2.24, 2.45) is 5.92 Å². The summed E-state index contributed by atoms with van der Waals surface area (Å²) in [7, 11) is 0. The summed E-state index contributed by atoms with van der Waals surface area (Å²) in [6.07, 6.45) is 4.77. The fourth-order valence-electron chi connectivity index (χ4n) is 2.22. The lowest BCUT2D eigenvalue weighted by molar-refractivity contribution is -0.133. The normalized spacial score (nSPS) is 19.7. The minimum Gasteiger partial charge on any atom is -0.478 e. The van der Waals surface area contributed by atoms with Gasteiger partial charge < -0.3 is 10.4 Å². The van der Waals surface area contributed by atoms with E-state index < -0.39 is 5.97 Å². The van der Waals surface area contributed by atoms with Gasteiger partial charge >= 0.3 is 5.97 Å². The molecule has 1 atom stereocenters. The van der Waals surface area contributed by atoms with Gasteiger partial charge in [-0.2, -0.15) is 0 Å². The van der Waals surface area contributed by atoms with Gasteiger partial charge in [-0.1, -0.05) is 12.8 Å². The van der Waals surface area contributed by atoms with E-state index in [4.69, 9.17) is 5.11 Å². The number of aliphatic carboxylic acids is 1. The van der Waals surface area contributed by atoms with E-state index in [1.54, 1.807) is 6.92 Å². The Morgan fingerprint density at radius 2 is 1.71 bits per heavy atom. The van der Waals surface area contributed by atoms with E-state index in [-0.39, 0.29) is 17.5 Å². The summed E-state index contributed by atoms with van der Waals surface area (Å²) < 4.78 is 0. The Bertz CT molecular complexity index is 341. The molecule has 17 heavy (non-hydrogen) atoms. The average molecular weight is 239 g/mol. The zero-order valence-corrected chi connectivity index (χ0v) is 10.7. The highest BCUT2D eigenvalue weighted by Crippen LogP contribution is 2.27. The van der Waals surface area contributed by atoms with Crippen LogP contribution in [0.15, 0.2) is 11.1 Å². The number of rotatable bonds is 4. The van der Waals surface area contributed by atoms with Crippen LogP contribution in [0.2, 0.25) is 0 Å². The largest absolute Gasteiger partial charge is 0.478 e. The summed E-state index contributed by atoms with van der Waals surface area (Å²) in [4.78, 5) is 22.6. The molecule has 4 nitrogen and oxygen atoms in total. The van der Waals surface area contributed by atoms with Gasteiger partial charge in [-0.25, -0.2) is 4.79 Å². The maximum absolute atomic E-state index is 11.8. The first kappa shape index (κ1) is 13.7. The SMILES string of the molecule is CC(C(=O)O)=C(C)C(=O)N[C@@H](C)C1CCCC1. The van der Waals surface area contributed by atoms with E-state index in [0.717, 1.165) is 12.8 Å². The van der Waals surface area contributed by atoms with E-state index in [2.05, 4.69) is 5.32 Å². The second-order valence-electron chi connectivity index (χ2n) is 4.86. The summed E-state index contributed by atoms with van der Waals surface area (Å²) in [5, 5.41) is 11.7. The van der Waals surface area contributed by atoms with Gasteiger partial charge in [0.25, 0.3) is 0 Å². The molecule has 1 rings (SSSR count). The van der Waals surface area contributed by atoms with Crippen molar-refractivity contribution in [3.8, 4) is 0 Å². The summed E-state index contributed by atoms with van der Waals surface area (Å²) in [5.41, 5.74) is 0.406. The Labute approximate surface area is 102 Å². The molecule has 1 aliphatic carbocycles. The van der Waals surface area contributed by atoms with Crippen LogP contribution in [0.3, 0.4) is 0 Å². The van der Waals surface area contributed by atoms with Gasteiger partial charge in [0.2, 0.25) is 5.91 Å². The number of hydrogen-bond donors (Lipinski definition) is 2. The molecule has 0 heterocycles. The number of hydrogen-bond acceptors (Lipinski definition) is 2. The Morgan fingerprint density at radius 3 is 2.18 bits per heavy atom. The Balaban J connectivity index is 2.59. The fourth-order valence-corrected chi connectivity index (χ4v) is 2.22. The first-order valence-electron chi connectivity index (χ1n) is 6.15. The van der Waals surface area contributed by atoms with Crippen LogP contribution < -0.4 is 5.32 Å². The summed E-state index contributed by atoms with van der Waals surface area (Å²) in [6, 6.07) is 0.126. The molecule has 96 valence electrons. The van der Waals surface area contributed by atoms with Crippen LogP contribution in [0.5, 0.6) is 0 Å². The topological polar surface area (TPSA) is 66.4 Å². The highest BCUT2D eigenvalue weighted by molar-refractivity contribution is 6.01. The summed E-state index contributed by atoms with van der Waals surface area (Å²) >= 11 is 0. The van der Waals surface area contributed by atoms with Gasteiger partial charge in [-0.3, -0.25) is 4.79 Å². The summed E-state index contributed by atoms with van der Waals surface area (Å²) in [6.45, 7) is 5.01. The van der Waals surface area contributed by atoms with Gasteiger partial charge in [0.05, 0.1) is 0 Å². The number of carbonyl (C=O) groups excluding carboxylic acids is 1. The Hall–Kier alpha value is -1.32. The Kier molecular flexibility index (Phi) is 4.73. The van der Waals surface area contributed by atoms with Crippen molar-refractivity contribution in [1.29, 1.82) is 0 Å². The second-order valence-corrected chi connectivity index (χ2v) is 4.86. The van der Waals surface area contributed by atoms with Crippen molar-refractivity contribution in [3.63, 3.8) is 0 Å². The highest BCUT2D eigenvalue weighted by Gasteiger charge is 2.23. The molecular weight excluding hydrogens is 218 g/mol. The number of amides is 1. The standard InChI is InChI=1S/C13H21NO3/c1-8(9(2)13(16)17)12(15)14-10(3)11-6-4-5-7-11/h10-11H,4-7H2,1-3H3,(H,14,15)(H,16,17)/t10-/m0/s1. The molecule has 0 aliphatic heterocycles. The molecule has 0 unspecified atom stereocenters. The van der Waals surface area contributed by atoms with Crippen molar-refractivity contribution >= 4 is 11.9 Å². The third kappa shape index (κ3) is 3.58. The van der Waals surface area contributed by atoms with Crippen LogP contribution in [0.1, 0.15) is 46.5 Å². The van der Waals surface area contributed by atoms with Crippen LogP contribution in [-0.4, -0.2) is 23.0 Å². The average Bonchev–Trinajstić information content (AvgIpc) is 2.80. The maximum atomic E-state index is 11.8. The lowest BCUT2D eigenvalue weighted by Gasteiger charge is -2.20. The van der Waals surface area contributed by atoms with E-state index in [9.17, 15) is 9.59 Å². The van der Waals surface area contributed by atoms with Gasteiger partial charge in [0, 0.05) is 17.2 Å². The predicted molar refractivity (Wildman–Crippen MR) is 65.6 cm³/mol. The molecule has 0 radical (unpaired) electrons. The first-order valence-corrected chi connectivity index (χ1v) is 6.15. The first-order chi connectivity index (χ1) is 7.93. The number of carbonyl (C=O) groups is 2. The number of nitrogens with one attached hydrogen (secondary N) is 1. The van der Waals surface area contributed by atoms with E-state index in [1.165, 1.54) is 19.8 Å². The minimum absolute atomic E-state index is 0.112. The zero-order chi connectivity index (χ0) is 13.0. The molecule has 1 saturated carbocycles. The van der Waals surface area contributed by atoms with Crippen molar-refractivity contribution in [3.05, 3.63) is 11.1 Å².